The average molecular weight is 256 g/mol. The van der Waals surface area contributed by atoms with Gasteiger partial charge in [0.1, 0.15) is 5.75 Å². The number of carbonyl (C=O) groups is 1. The number of phenols is 1. The minimum Gasteiger partial charge on any atom is -0.508 e. The highest BCUT2D eigenvalue weighted by Crippen LogP contribution is 2.27. The Morgan fingerprint density at radius 2 is 2.18 bits per heavy atom. The smallest absolute Gasteiger partial charge is 0.303 e. The van der Waals surface area contributed by atoms with E-state index >= 15 is 0 Å². The summed E-state index contributed by atoms with van der Waals surface area (Å²) in [5, 5.41) is 18.9. The molecule has 0 unspecified atom stereocenters. The molecule has 1 aliphatic rings. The molecular weight excluding hydrogens is 242 g/mol. The maximum atomic E-state index is 10.5. The van der Waals surface area contributed by atoms with Crippen molar-refractivity contribution >= 4 is 17.6 Å². The molecule has 1 saturated heterocycles. The lowest BCUT2D eigenvalue weighted by Gasteiger charge is -2.38. The standard InChI is InChI=1S/C12H14ClNO3/c13-10-1-2-11(15)9(4-10)7-14-5-8(6-14)3-12(16)17/h1-2,4,8,15H,3,5-7H2,(H,16,17). The maximum absolute atomic E-state index is 10.5. The van der Waals surface area contributed by atoms with Gasteiger partial charge in [-0.05, 0) is 24.1 Å². The van der Waals surface area contributed by atoms with Gasteiger partial charge in [0.05, 0.1) is 6.42 Å². The van der Waals surface area contributed by atoms with Crippen molar-refractivity contribution in [2.75, 3.05) is 13.1 Å². The fourth-order valence-corrected chi connectivity index (χ4v) is 2.30. The van der Waals surface area contributed by atoms with Crippen LogP contribution in [0.15, 0.2) is 18.2 Å². The van der Waals surface area contributed by atoms with Gasteiger partial charge in [-0.15, -0.1) is 0 Å². The topological polar surface area (TPSA) is 60.8 Å². The molecule has 0 radical (unpaired) electrons. The van der Waals surface area contributed by atoms with Crippen molar-refractivity contribution in [1.82, 2.24) is 4.90 Å². The van der Waals surface area contributed by atoms with Gasteiger partial charge in [-0.25, -0.2) is 0 Å². The zero-order valence-corrected chi connectivity index (χ0v) is 10.0. The summed E-state index contributed by atoms with van der Waals surface area (Å²) in [6, 6.07) is 4.96. The Bertz CT molecular complexity index is 430. The van der Waals surface area contributed by atoms with E-state index in [9.17, 15) is 9.90 Å². The van der Waals surface area contributed by atoms with Crippen LogP contribution in [0.5, 0.6) is 5.75 Å². The highest BCUT2D eigenvalue weighted by molar-refractivity contribution is 6.30. The van der Waals surface area contributed by atoms with Crippen molar-refractivity contribution in [3.8, 4) is 5.75 Å². The molecule has 0 amide bonds. The number of hydrogen-bond donors (Lipinski definition) is 2. The van der Waals surface area contributed by atoms with Crippen LogP contribution in [0.3, 0.4) is 0 Å². The van der Waals surface area contributed by atoms with Gasteiger partial charge >= 0.3 is 5.97 Å². The maximum Gasteiger partial charge on any atom is 0.303 e. The summed E-state index contributed by atoms with van der Waals surface area (Å²) >= 11 is 5.85. The molecule has 0 atom stereocenters. The molecule has 2 rings (SSSR count). The second kappa shape index (κ2) is 4.94. The molecule has 2 N–H and O–H groups in total. The fraction of sp³-hybridized carbons (Fsp3) is 0.417. The molecule has 17 heavy (non-hydrogen) atoms. The van der Waals surface area contributed by atoms with Gasteiger partial charge in [-0.2, -0.15) is 0 Å². The predicted octanol–water partition coefficient (Wildman–Crippen LogP) is 1.95. The number of rotatable bonds is 4. The number of carboxylic acid groups (broad SMARTS) is 1. The van der Waals surface area contributed by atoms with Gasteiger partial charge in [-0.3, -0.25) is 9.69 Å². The predicted molar refractivity (Wildman–Crippen MR) is 64.1 cm³/mol. The third-order valence-electron chi connectivity index (χ3n) is 2.93. The number of hydrogen-bond acceptors (Lipinski definition) is 3. The number of carboxylic acids is 1. The van der Waals surface area contributed by atoms with Crippen molar-refractivity contribution in [2.24, 2.45) is 5.92 Å². The Balaban J connectivity index is 1.87. The molecule has 4 nitrogen and oxygen atoms in total. The van der Waals surface area contributed by atoms with E-state index in [0.29, 0.717) is 11.6 Å². The number of aromatic hydroxyl groups is 1. The first-order valence-corrected chi connectivity index (χ1v) is 5.84. The van der Waals surface area contributed by atoms with Crippen molar-refractivity contribution < 1.29 is 15.0 Å². The highest BCUT2D eigenvalue weighted by atomic mass is 35.5. The van der Waals surface area contributed by atoms with Crippen LogP contribution in [0, 0.1) is 5.92 Å². The zero-order valence-electron chi connectivity index (χ0n) is 9.27. The molecule has 92 valence electrons. The number of benzene rings is 1. The van der Waals surface area contributed by atoms with E-state index < -0.39 is 5.97 Å². The summed E-state index contributed by atoms with van der Waals surface area (Å²) in [6.45, 7) is 2.14. The van der Waals surface area contributed by atoms with Gasteiger partial charge < -0.3 is 10.2 Å². The van der Waals surface area contributed by atoms with Crippen LogP contribution in [0.4, 0.5) is 0 Å². The molecule has 0 spiro atoms. The first-order chi connectivity index (χ1) is 8.04. The van der Waals surface area contributed by atoms with Gasteiger partial charge in [0, 0.05) is 30.2 Å². The van der Waals surface area contributed by atoms with Crippen LogP contribution in [-0.4, -0.2) is 34.2 Å². The largest absolute Gasteiger partial charge is 0.508 e. The lowest BCUT2D eigenvalue weighted by Crippen LogP contribution is -2.46. The van der Waals surface area contributed by atoms with E-state index in [2.05, 4.69) is 4.90 Å². The molecule has 0 aliphatic carbocycles. The number of aliphatic carboxylic acids is 1. The van der Waals surface area contributed by atoms with Crippen LogP contribution in [-0.2, 0) is 11.3 Å². The molecule has 0 bridgehead atoms. The molecule has 5 heteroatoms. The van der Waals surface area contributed by atoms with E-state index in [1.165, 1.54) is 0 Å². The molecule has 1 aliphatic heterocycles. The Morgan fingerprint density at radius 3 is 2.82 bits per heavy atom. The van der Waals surface area contributed by atoms with Crippen molar-refractivity contribution in [1.29, 1.82) is 0 Å². The molecule has 1 aromatic rings. The van der Waals surface area contributed by atoms with Gasteiger partial charge in [0.2, 0.25) is 0 Å². The molecule has 1 aromatic carbocycles. The SMILES string of the molecule is O=C(O)CC1CN(Cc2cc(Cl)ccc2O)C1. The number of phenolic OH excluding ortho intramolecular Hbond substituents is 1. The molecular formula is C12H14ClNO3. The van der Waals surface area contributed by atoms with Crippen LogP contribution in [0.1, 0.15) is 12.0 Å². The zero-order chi connectivity index (χ0) is 12.4. The van der Waals surface area contributed by atoms with E-state index in [0.717, 1.165) is 18.7 Å². The van der Waals surface area contributed by atoms with E-state index in [1.54, 1.807) is 18.2 Å². The second-order valence-corrected chi connectivity index (χ2v) is 4.87. The lowest BCUT2D eigenvalue weighted by atomic mass is 9.95. The van der Waals surface area contributed by atoms with Crippen LogP contribution < -0.4 is 0 Å². The number of likely N-dealkylation sites (tertiary alicyclic amines) is 1. The number of halogens is 1. The van der Waals surface area contributed by atoms with Gasteiger partial charge in [0.15, 0.2) is 0 Å². The first kappa shape index (κ1) is 12.2. The Labute approximate surface area is 104 Å². The average Bonchev–Trinajstić information content (AvgIpc) is 2.19. The fourth-order valence-electron chi connectivity index (χ4n) is 2.10. The molecule has 0 aromatic heterocycles. The van der Waals surface area contributed by atoms with Gasteiger partial charge in [0.25, 0.3) is 0 Å². The van der Waals surface area contributed by atoms with Crippen molar-refractivity contribution in [3.63, 3.8) is 0 Å². The summed E-state index contributed by atoms with van der Waals surface area (Å²) in [6.07, 6.45) is 0.220. The Morgan fingerprint density at radius 1 is 1.47 bits per heavy atom. The third-order valence-corrected chi connectivity index (χ3v) is 3.17. The first-order valence-electron chi connectivity index (χ1n) is 5.46. The monoisotopic (exact) mass is 255 g/mol. The third kappa shape index (κ3) is 3.11. The normalized spacial score (nSPS) is 16.8. The van der Waals surface area contributed by atoms with Crippen LogP contribution in [0.25, 0.3) is 0 Å². The highest BCUT2D eigenvalue weighted by Gasteiger charge is 2.28. The Hall–Kier alpha value is -1.26. The van der Waals surface area contributed by atoms with E-state index in [-0.39, 0.29) is 18.1 Å². The van der Waals surface area contributed by atoms with Crippen LogP contribution in [0.2, 0.25) is 5.02 Å². The second-order valence-electron chi connectivity index (χ2n) is 4.43. The quantitative estimate of drug-likeness (QED) is 0.863. The summed E-state index contributed by atoms with van der Waals surface area (Å²) in [7, 11) is 0. The molecule has 0 saturated carbocycles. The van der Waals surface area contributed by atoms with Crippen LogP contribution >= 0.6 is 11.6 Å². The summed E-state index contributed by atoms with van der Waals surface area (Å²) in [5.74, 6) is -0.287. The lowest BCUT2D eigenvalue weighted by molar-refractivity contribution is -0.139. The summed E-state index contributed by atoms with van der Waals surface area (Å²) < 4.78 is 0. The van der Waals surface area contributed by atoms with Gasteiger partial charge in [-0.1, -0.05) is 11.6 Å². The molecule has 1 heterocycles. The van der Waals surface area contributed by atoms with Crippen molar-refractivity contribution in [2.45, 2.75) is 13.0 Å². The minimum absolute atomic E-state index is 0.220. The number of nitrogens with zero attached hydrogens (tertiary/aromatic N) is 1. The molecule has 1 fully saturated rings. The summed E-state index contributed by atoms with van der Waals surface area (Å²) in [4.78, 5) is 12.6. The van der Waals surface area contributed by atoms with E-state index in [1.807, 2.05) is 0 Å². The Kier molecular flexibility index (Phi) is 3.54. The minimum atomic E-state index is -0.750. The summed E-state index contributed by atoms with van der Waals surface area (Å²) in [5.41, 5.74) is 0.784. The van der Waals surface area contributed by atoms with E-state index in [4.69, 9.17) is 16.7 Å². The van der Waals surface area contributed by atoms with Crippen molar-refractivity contribution in [3.05, 3.63) is 28.8 Å².